The van der Waals surface area contributed by atoms with Gasteiger partial charge in [0.25, 0.3) is 0 Å². The number of amides is 2. The predicted octanol–water partition coefficient (Wildman–Crippen LogP) is 2.32. The molecule has 0 spiro atoms. The highest BCUT2D eigenvalue weighted by molar-refractivity contribution is 5.97. The Morgan fingerprint density at radius 3 is 2.28 bits per heavy atom. The lowest BCUT2D eigenvalue weighted by Gasteiger charge is -2.27. The summed E-state index contributed by atoms with van der Waals surface area (Å²) in [6.45, 7) is 0.920. The molecule has 7 heteroatoms. The fraction of sp³-hybridized carbons (Fsp3) is 0.160. The molecule has 0 saturated heterocycles. The molecule has 0 saturated carbocycles. The summed E-state index contributed by atoms with van der Waals surface area (Å²) < 4.78 is 0. The molecular weight excluding hydrogens is 402 g/mol. The van der Waals surface area contributed by atoms with Crippen LogP contribution in [-0.2, 0) is 24.3 Å². The topological polar surface area (TPSA) is 125 Å². The van der Waals surface area contributed by atoms with Gasteiger partial charge in [-0.05, 0) is 34.9 Å². The standard InChI is InChI=1S/C25H25N5O2/c26-23(27)20-11-10-19-12-22(25(32)29-14-16-4-2-1-3-5-16)30(21(19)13-20)15-17-6-8-18(9-7-17)24(28)31/h1-11,13,22H,12,14-15H2,(H3,26,27)(H2,28,31)(H,29,32). The van der Waals surface area contributed by atoms with Crippen LogP contribution in [0.25, 0.3) is 0 Å². The summed E-state index contributed by atoms with van der Waals surface area (Å²) in [6, 6.07) is 22.0. The minimum Gasteiger partial charge on any atom is -0.384 e. The van der Waals surface area contributed by atoms with Crippen LogP contribution in [0.1, 0.15) is 32.6 Å². The lowest BCUT2D eigenvalue weighted by atomic mass is 10.1. The van der Waals surface area contributed by atoms with Gasteiger partial charge in [0.2, 0.25) is 11.8 Å². The van der Waals surface area contributed by atoms with Crippen LogP contribution in [0.3, 0.4) is 0 Å². The van der Waals surface area contributed by atoms with Crippen molar-refractivity contribution in [1.82, 2.24) is 5.32 Å². The molecule has 32 heavy (non-hydrogen) atoms. The van der Waals surface area contributed by atoms with Crippen molar-refractivity contribution in [2.75, 3.05) is 4.90 Å². The zero-order valence-electron chi connectivity index (χ0n) is 17.5. The summed E-state index contributed by atoms with van der Waals surface area (Å²) in [5.41, 5.74) is 16.0. The summed E-state index contributed by atoms with van der Waals surface area (Å²) in [4.78, 5) is 26.6. The van der Waals surface area contributed by atoms with E-state index in [2.05, 4.69) is 5.32 Å². The van der Waals surface area contributed by atoms with Crippen LogP contribution in [-0.4, -0.2) is 23.7 Å². The first-order valence-corrected chi connectivity index (χ1v) is 10.4. The van der Waals surface area contributed by atoms with E-state index in [4.69, 9.17) is 16.9 Å². The highest BCUT2D eigenvalue weighted by Crippen LogP contribution is 2.34. The van der Waals surface area contributed by atoms with Crippen molar-refractivity contribution in [3.05, 3.63) is 101 Å². The molecule has 1 heterocycles. The summed E-state index contributed by atoms with van der Waals surface area (Å²) >= 11 is 0. The second-order valence-corrected chi connectivity index (χ2v) is 7.87. The van der Waals surface area contributed by atoms with Gasteiger partial charge in [0.1, 0.15) is 11.9 Å². The number of carbonyl (C=O) groups is 2. The average molecular weight is 428 g/mol. The van der Waals surface area contributed by atoms with Crippen molar-refractivity contribution in [2.24, 2.45) is 11.5 Å². The zero-order valence-corrected chi connectivity index (χ0v) is 17.5. The zero-order chi connectivity index (χ0) is 22.7. The predicted molar refractivity (Wildman–Crippen MR) is 124 cm³/mol. The van der Waals surface area contributed by atoms with E-state index < -0.39 is 11.9 Å². The number of nitrogens with two attached hydrogens (primary N) is 2. The molecule has 0 bridgehead atoms. The lowest BCUT2D eigenvalue weighted by Crippen LogP contribution is -2.44. The van der Waals surface area contributed by atoms with E-state index >= 15 is 0 Å². The summed E-state index contributed by atoms with van der Waals surface area (Å²) in [6.07, 6.45) is 0.563. The van der Waals surface area contributed by atoms with Gasteiger partial charge < -0.3 is 21.7 Å². The second kappa shape index (κ2) is 8.93. The van der Waals surface area contributed by atoms with Crippen molar-refractivity contribution in [3.63, 3.8) is 0 Å². The molecule has 0 aliphatic carbocycles. The minimum absolute atomic E-state index is 0.0180. The summed E-state index contributed by atoms with van der Waals surface area (Å²) in [5.74, 6) is -0.564. The van der Waals surface area contributed by atoms with E-state index in [-0.39, 0.29) is 11.7 Å². The molecule has 6 N–H and O–H groups in total. The van der Waals surface area contributed by atoms with E-state index in [0.717, 1.165) is 22.4 Å². The normalized spacial score (nSPS) is 14.6. The van der Waals surface area contributed by atoms with Crippen LogP contribution in [0.15, 0.2) is 72.8 Å². The third kappa shape index (κ3) is 4.46. The van der Waals surface area contributed by atoms with Crippen LogP contribution in [0.5, 0.6) is 0 Å². The minimum atomic E-state index is -0.479. The molecule has 4 rings (SSSR count). The van der Waals surface area contributed by atoms with E-state index in [1.807, 2.05) is 65.6 Å². The number of nitrogens with zero attached hydrogens (tertiary/aromatic N) is 1. The molecule has 162 valence electrons. The number of nitrogen functional groups attached to an aromatic ring is 1. The van der Waals surface area contributed by atoms with Crippen LogP contribution in [0, 0.1) is 5.41 Å². The SMILES string of the molecule is N=C(N)c1ccc2c(c1)N(Cc1ccc(C(N)=O)cc1)C(C(=O)NCc1ccccc1)C2. The Bertz CT molecular complexity index is 1160. The van der Waals surface area contributed by atoms with Gasteiger partial charge in [-0.25, -0.2) is 0 Å². The van der Waals surface area contributed by atoms with Crippen molar-refractivity contribution in [1.29, 1.82) is 5.41 Å². The van der Waals surface area contributed by atoms with E-state index in [0.29, 0.717) is 30.6 Å². The maximum Gasteiger partial charge on any atom is 0.248 e. The van der Waals surface area contributed by atoms with E-state index in [9.17, 15) is 9.59 Å². The molecule has 7 nitrogen and oxygen atoms in total. The van der Waals surface area contributed by atoms with Crippen molar-refractivity contribution < 1.29 is 9.59 Å². The van der Waals surface area contributed by atoms with Crippen molar-refractivity contribution in [3.8, 4) is 0 Å². The smallest absolute Gasteiger partial charge is 0.248 e. The number of nitrogens with one attached hydrogen (secondary N) is 2. The molecule has 0 radical (unpaired) electrons. The van der Waals surface area contributed by atoms with Crippen LogP contribution >= 0.6 is 0 Å². The molecule has 2 amide bonds. The van der Waals surface area contributed by atoms with Gasteiger partial charge in [-0.3, -0.25) is 15.0 Å². The van der Waals surface area contributed by atoms with E-state index in [1.54, 1.807) is 12.1 Å². The molecule has 1 unspecified atom stereocenters. The highest BCUT2D eigenvalue weighted by Gasteiger charge is 2.34. The highest BCUT2D eigenvalue weighted by atomic mass is 16.2. The Balaban J connectivity index is 1.60. The van der Waals surface area contributed by atoms with Crippen LogP contribution in [0.2, 0.25) is 0 Å². The number of primary amides is 1. The van der Waals surface area contributed by atoms with Crippen molar-refractivity contribution in [2.45, 2.75) is 25.6 Å². The first-order valence-electron chi connectivity index (χ1n) is 10.4. The molecule has 1 aliphatic heterocycles. The molecule has 0 fully saturated rings. The van der Waals surface area contributed by atoms with Crippen molar-refractivity contribution >= 4 is 23.3 Å². The number of amidine groups is 1. The molecule has 1 atom stereocenters. The number of benzene rings is 3. The van der Waals surface area contributed by atoms with Gasteiger partial charge in [0, 0.05) is 36.3 Å². The van der Waals surface area contributed by atoms with E-state index in [1.165, 1.54) is 0 Å². The van der Waals surface area contributed by atoms with Gasteiger partial charge >= 0.3 is 0 Å². The average Bonchev–Trinajstić information content (AvgIpc) is 3.16. The fourth-order valence-electron chi connectivity index (χ4n) is 3.96. The van der Waals surface area contributed by atoms with Gasteiger partial charge in [-0.15, -0.1) is 0 Å². The number of hydrogen-bond donors (Lipinski definition) is 4. The lowest BCUT2D eigenvalue weighted by molar-refractivity contribution is -0.122. The number of hydrogen-bond acceptors (Lipinski definition) is 4. The Hall–Kier alpha value is -4.13. The molecule has 1 aliphatic rings. The first kappa shape index (κ1) is 21.1. The van der Waals surface area contributed by atoms with Crippen LogP contribution < -0.4 is 21.7 Å². The first-order chi connectivity index (χ1) is 15.4. The molecular formula is C25H25N5O2. The maximum atomic E-state index is 13.2. The number of carbonyl (C=O) groups excluding carboxylic acids is 2. The Morgan fingerprint density at radius 1 is 0.938 bits per heavy atom. The number of rotatable bonds is 7. The quantitative estimate of drug-likeness (QED) is 0.341. The Morgan fingerprint density at radius 2 is 1.62 bits per heavy atom. The monoisotopic (exact) mass is 427 g/mol. The Kier molecular flexibility index (Phi) is 5.89. The third-order valence-electron chi connectivity index (χ3n) is 5.70. The Labute approximate surface area is 186 Å². The van der Waals surface area contributed by atoms with Gasteiger partial charge in [0.05, 0.1) is 0 Å². The van der Waals surface area contributed by atoms with Gasteiger partial charge in [-0.2, -0.15) is 0 Å². The van der Waals surface area contributed by atoms with Gasteiger partial charge in [0.15, 0.2) is 0 Å². The molecule has 3 aromatic carbocycles. The molecule has 0 aromatic heterocycles. The maximum absolute atomic E-state index is 13.2. The fourth-order valence-corrected chi connectivity index (χ4v) is 3.96. The third-order valence-corrected chi connectivity index (χ3v) is 5.70. The number of fused-ring (bicyclic) bond motifs is 1. The number of anilines is 1. The molecule has 3 aromatic rings. The largest absolute Gasteiger partial charge is 0.384 e. The van der Waals surface area contributed by atoms with Gasteiger partial charge in [-0.1, -0.05) is 54.6 Å². The van der Waals surface area contributed by atoms with Crippen LogP contribution in [0.4, 0.5) is 5.69 Å². The summed E-state index contributed by atoms with van der Waals surface area (Å²) in [5, 5.41) is 10.8. The second-order valence-electron chi connectivity index (χ2n) is 7.87. The summed E-state index contributed by atoms with van der Waals surface area (Å²) in [7, 11) is 0.